The summed E-state index contributed by atoms with van der Waals surface area (Å²) in [6.45, 7) is 7.57. The van der Waals surface area contributed by atoms with Gasteiger partial charge in [-0.25, -0.2) is 0 Å². The fourth-order valence-electron chi connectivity index (χ4n) is 0.847. The molecule has 0 radical (unpaired) electrons. The van der Waals surface area contributed by atoms with Gasteiger partial charge in [0.25, 0.3) is 0 Å². The lowest BCUT2D eigenvalue weighted by Gasteiger charge is -2.27. The summed E-state index contributed by atoms with van der Waals surface area (Å²) in [4.78, 5) is 0. The van der Waals surface area contributed by atoms with Gasteiger partial charge in [0.15, 0.2) is 0 Å². The normalized spacial score (nSPS) is 28.4. The molecule has 1 nitrogen and oxygen atoms in total. The molecule has 0 amide bonds. The Morgan fingerprint density at radius 2 is 2.00 bits per heavy atom. The van der Waals surface area contributed by atoms with Crippen LogP contribution in [0.15, 0.2) is 23.3 Å². The maximum atomic E-state index is 9.00. The highest BCUT2D eigenvalue weighted by Crippen LogP contribution is 2.31. The topological polar surface area (TPSA) is 20.2 Å². The van der Waals surface area contributed by atoms with Gasteiger partial charge in [-0.15, -0.1) is 0 Å². The summed E-state index contributed by atoms with van der Waals surface area (Å²) >= 11 is 0. The van der Waals surface area contributed by atoms with Crippen LogP contribution in [0.5, 0.6) is 0 Å². The first-order chi connectivity index (χ1) is 3.64. The first kappa shape index (κ1) is 5.57. The van der Waals surface area contributed by atoms with Crippen molar-refractivity contribution in [1.29, 1.82) is 0 Å². The van der Waals surface area contributed by atoms with E-state index in [4.69, 9.17) is 5.11 Å². The van der Waals surface area contributed by atoms with Gasteiger partial charge in [-0.05, 0) is 30.6 Å². The molecular weight excluding hydrogens is 100 g/mol. The molecule has 0 bridgehead atoms. The molecular formula is C7H10O. The number of aliphatic hydroxyl groups is 1. The third kappa shape index (κ3) is 0.450. The predicted molar refractivity (Wildman–Crippen MR) is 33.5 cm³/mol. The Hall–Kier alpha value is -0.560. The minimum atomic E-state index is -0.338. The molecule has 0 aromatic carbocycles. The highest BCUT2D eigenvalue weighted by Gasteiger charge is 2.24. The highest BCUT2D eigenvalue weighted by atomic mass is 16.3. The maximum Gasteiger partial charge on any atom is 0.100 e. The molecule has 1 rings (SSSR count). The molecule has 1 heteroatoms. The molecule has 0 aromatic heterocycles. The summed E-state index contributed by atoms with van der Waals surface area (Å²) in [7, 11) is 0. The van der Waals surface area contributed by atoms with E-state index in [2.05, 4.69) is 6.58 Å². The third-order valence-corrected chi connectivity index (χ3v) is 1.81. The number of aliphatic hydroxyl groups excluding tert-OH is 1. The van der Waals surface area contributed by atoms with Crippen LogP contribution in [0.3, 0.4) is 0 Å². The fraction of sp³-hybridized carbons (Fsp3) is 0.429. The van der Waals surface area contributed by atoms with Crippen molar-refractivity contribution >= 4 is 0 Å². The minimum Gasteiger partial charge on any atom is -0.384 e. The number of hydrogen-bond acceptors (Lipinski definition) is 1. The molecule has 0 heterocycles. The summed E-state index contributed by atoms with van der Waals surface area (Å²) in [6.07, 6.45) is -0.338. The molecule has 0 saturated heterocycles. The molecule has 1 atom stereocenters. The van der Waals surface area contributed by atoms with Gasteiger partial charge in [0.2, 0.25) is 0 Å². The van der Waals surface area contributed by atoms with Crippen molar-refractivity contribution in [3.63, 3.8) is 0 Å². The Balaban J connectivity index is 2.90. The molecule has 1 aliphatic rings. The Morgan fingerprint density at radius 1 is 1.50 bits per heavy atom. The van der Waals surface area contributed by atoms with Crippen LogP contribution in [0.25, 0.3) is 0 Å². The standard InChI is InChI=1S/C7H10O/c1-4-5(2)7(8)6(4)3/h7-8H,2H2,1,3H3. The summed E-state index contributed by atoms with van der Waals surface area (Å²) < 4.78 is 0. The Bertz CT molecular complexity index is 165. The van der Waals surface area contributed by atoms with Crippen molar-refractivity contribution in [1.82, 2.24) is 0 Å². The van der Waals surface area contributed by atoms with Gasteiger partial charge < -0.3 is 5.11 Å². The molecule has 1 aliphatic carbocycles. The van der Waals surface area contributed by atoms with E-state index >= 15 is 0 Å². The van der Waals surface area contributed by atoms with E-state index in [-0.39, 0.29) is 6.10 Å². The van der Waals surface area contributed by atoms with Crippen LogP contribution in [0, 0.1) is 0 Å². The van der Waals surface area contributed by atoms with Gasteiger partial charge in [0.05, 0.1) is 0 Å². The molecule has 0 saturated carbocycles. The predicted octanol–water partition coefficient (Wildman–Crippen LogP) is 1.25. The monoisotopic (exact) mass is 110 g/mol. The molecule has 1 unspecified atom stereocenters. The summed E-state index contributed by atoms with van der Waals surface area (Å²) in [5, 5.41) is 9.00. The van der Waals surface area contributed by atoms with Crippen molar-refractivity contribution in [3.05, 3.63) is 23.3 Å². The lowest BCUT2D eigenvalue weighted by Crippen LogP contribution is -2.23. The smallest absolute Gasteiger partial charge is 0.100 e. The van der Waals surface area contributed by atoms with Crippen LogP contribution in [-0.4, -0.2) is 11.2 Å². The largest absolute Gasteiger partial charge is 0.384 e. The minimum absolute atomic E-state index is 0.338. The molecule has 0 spiro atoms. The quantitative estimate of drug-likeness (QED) is 0.497. The second-order valence-corrected chi connectivity index (χ2v) is 2.24. The highest BCUT2D eigenvalue weighted by molar-refractivity contribution is 5.49. The SMILES string of the molecule is C=C1C(C)=C(C)C1O. The van der Waals surface area contributed by atoms with Gasteiger partial charge in [-0.3, -0.25) is 0 Å². The van der Waals surface area contributed by atoms with Crippen LogP contribution in [0.4, 0.5) is 0 Å². The Kier molecular flexibility index (Phi) is 1.01. The summed E-state index contributed by atoms with van der Waals surface area (Å²) in [5.74, 6) is 0. The molecule has 8 heavy (non-hydrogen) atoms. The third-order valence-electron chi connectivity index (χ3n) is 1.81. The second-order valence-electron chi connectivity index (χ2n) is 2.24. The van der Waals surface area contributed by atoms with Crippen molar-refractivity contribution in [2.24, 2.45) is 0 Å². The lowest BCUT2D eigenvalue weighted by atomic mass is 9.83. The van der Waals surface area contributed by atoms with Crippen LogP contribution in [-0.2, 0) is 0 Å². The average Bonchev–Trinajstić information content (AvgIpc) is 1.83. The first-order valence-electron chi connectivity index (χ1n) is 2.69. The molecule has 1 N–H and O–H groups in total. The molecule has 0 fully saturated rings. The van der Waals surface area contributed by atoms with Gasteiger partial charge in [0.1, 0.15) is 6.10 Å². The van der Waals surface area contributed by atoms with Crippen molar-refractivity contribution in [2.75, 3.05) is 0 Å². The number of hydrogen-bond donors (Lipinski definition) is 1. The number of rotatable bonds is 0. The summed E-state index contributed by atoms with van der Waals surface area (Å²) in [5.41, 5.74) is 3.11. The van der Waals surface area contributed by atoms with Gasteiger partial charge in [-0.2, -0.15) is 0 Å². The Labute approximate surface area is 49.3 Å². The van der Waals surface area contributed by atoms with Crippen molar-refractivity contribution in [3.8, 4) is 0 Å². The zero-order valence-corrected chi connectivity index (χ0v) is 5.23. The zero-order valence-electron chi connectivity index (χ0n) is 5.23. The van der Waals surface area contributed by atoms with Crippen molar-refractivity contribution < 1.29 is 5.11 Å². The van der Waals surface area contributed by atoms with Gasteiger partial charge in [-0.1, -0.05) is 6.58 Å². The zero-order chi connectivity index (χ0) is 6.31. The van der Waals surface area contributed by atoms with Crippen LogP contribution in [0.2, 0.25) is 0 Å². The van der Waals surface area contributed by atoms with E-state index in [0.717, 1.165) is 16.7 Å². The Morgan fingerprint density at radius 3 is 2.12 bits per heavy atom. The van der Waals surface area contributed by atoms with E-state index in [1.807, 2.05) is 13.8 Å². The van der Waals surface area contributed by atoms with E-state index in [9.17, 15) is 0 Å². The van der Waals surface area contributed by atoms with E-state index in [1.165, 1.54) is 0 Å². The van der Waals surface area contributed by atoms with Crippen LogP contribution >= 0.6 is 0 Å². The fourth-order valence-corrected chi connectivity index (χ4v) is 0.847. The van der Waals surface area contributed by atoms with E-state index in [1.54, 1.807) is 0 Å². The lowest BCUT2D eigenvalue weighted by molar-refractivity contribution is 0.233. The van der Waals surface area contributed by atoms with Crippen LogP contribution < -0.4 is 0 Å². The molecule has 0 aliphatic heterocycles. The van der Waals surface area contributed by atoms with E-state index < -0.39 is 0 Å². The van der Waals surface area contributed by atoms with Gasteiger partial charge in [0, 0.05) is 0 Å². The van der Waals surface area contributed by atoms with Crippen LogP contribution in [0.1, 0.15) is 13.8 Å². The first-order valence-corrected chi connectivity index (χ1v) is 2.69. The maximum absolute atomic E-state index is 9.00. The summed E-state index contributed by atoms with van der Waals surface area (Å²) in [6, 6.07) is 0. The second kappa shape index (κ2) is 1.46. The molecule has 0 aromatic rings. The van der Waals surface area contributed by atoms with E-state index in [0.29, 0.717) is 0 Å². The van der Waals surface area contributed by atoms with Crippen molar-refractivity contribution in [2.45, 2.75) is 20.0 Å². The molecule has 44 valence electrons. The van der Waals surface area contributed by atoms with Gasteiger partial charge >= 0.3 is 0 Å². The average molecular weight is 110 g/mol.